The Morgan fingerprint density at radius 2 is 2.08 bits per heavy atom. The van der Waals surface area contributed by atoms with Gasteiger partial charge in [-0.3, -0.25) is 0 Å². The molecule has 0 amide bonds. The van der Waals surface area contributed by atoms with E-state index in [9.17, 15) is 4.57 Å². The van der Waals surface area contributed by atoms with Gasteiger partial charge in [-0.05, 0) is 23.1 Å². The van der Waals surface area contributed by atoms with Crippen LogP contribution in [0.3, 0.4) is 0 Å². The van der Waals surface area contributed by atoms with Gasteiger partial charge in [0, 0.05) is 0 Å². The fourth-order valence-electron chi connectivity index (χ4n) is 0.881. The standard InChI is InChI=1S/C10H12O2P/c1-2-12-13(11)9-8-10-6-4-3-5-7-10/h3-9H,2H2,1H3/q+1. The topological polar surface area (TPSA) is 26.3 Å². The van der Waals surface area contributed by atoms with E-state index in [1.807, 2.05) is 37.3 Å². The Labute approximate surface area is 79.1 Å². The molecule has 1 aromatic rings. The first-order valence-electron chi connectivity index (χ1n) is 4.15. The van der Waals surface area contributed by atoms with Gasteiger partial charge in [0.15, 0.2) is 5.82 Å². The van der Waals surface area contributed by atoms with Crippen molar-refractivity contribution in [1.29, 1.82) is 0 Å². The summed E-state index contributed by atoms with van der Waals surface area (Å²) in [7, 11) is -1.63. The minimum absolute atomic E-state index is 0.480. The van der Waals surface area contributed by atoms with Crippen molar-refractivity contribution in [1.82, 2.24) is 0 Å². The highest BCUT2D eigenvalue weighted by atomic mass is 31.1. The minimum atomic E-state index is -1.63. The molecular weight excluding hydrogens is 183 g/mol. The number of rotatable bonds is 4. The molecule has 0 fully saturated rings. The van der Waals surface area contributed by atoms with E-state index in [2.05, 4.69) is 0 Å². The largest absolute Gasteiger partial charge is 0.540 e. The quantitative estimate of drug-likeness (QED) is 0.688. The fraction of sp³-hybridized carbons (Fsp3) is 0.200. The van der Waals surface area contributed by atoms with Crippen molar-refractivity contribution in [2.75, 3.05) is 6.61 Å². The molecule has 13 heavy (non-hydrogen) atoms. The lowest BCUT2D eigenvalue weighted by Crippen LogP contribution is -1.73. The summed E-state index contributed by atoms with van der Waals surface area (Å²) in [5.74, 6) is 1.58. The molecule has 0 saturated heterocycles. The first kappa shape index (κ1) is 10.1. The van der Waals surface area contributed by atoms with Gasteiger partial charge in [-0.25, -0.2) is 0 Å². The van der Waals surface area contributed by atoms with Gasteiger partial charge >= 0.3 is 8.03 Å². The zero-order valence-corrected chi connectivity index (χ0v) is 8.41. The van der Waals surface area contributed by atoms with Crippen LogP contribution in [0, 0.1) is 0 Å². The van der Waals surface area contributed by atoms with Gasteiger partial charge in [-0.1, -0.05) is 30.3 Å². The van der Waals surface area contributed by atoms with Crippen LogP contribution in [0.2, 0.25) is 0 Å². The van der Waals surface area contributed by atoms with Crippen LogP contribution >= 0.6 is 8.03 Å². The highest BCUT2D eigenvalue weighted by Crippen LogP contribution is 2.24. The van der Waals surface area contributed by atoms with E-state index < -0.39 is 8.03 Å². The summed E-state index contributed by atoms with van der Waals surface area (Å²) in [5.41, 5.74) is 1.03. The van der Waals surface area contributed by atoms with Gasteiger partial charge in [0.1, 0.15) is 6.61 Å². The molecule has 0 radical (unpaired) electrons. The molecule has 1 unspecified atom stereocenters. The Morgan fingerprint density at radius 3 is 2.69 bits per heavy atom. The molecule has 0 aliphatic carbocycles. The average molecular weight is 195 g/mol. The van der Waals surface area contributed by atoms with Crippen LogP contribution in [0.15, 0.2) is 36.1 Å². The molecular formula is C10H12O2P+. The summed E-state index contributed by atoms with van der Waals surface area (Å²) in [6, 6.07) is 9.72. The van der Waals surface area contributed by atoms with Crippen molar-refractivity contribution in [3.63, 3.8) is 0 Å². The van der Waals surface area contributed by atoms with E-state index >= 15 is 0 Å². The van der Waals surface area contributed by atoms with Gasteiger partial charge in [0.25, 0.3) is 0 Å². The molecule has 1 rings (SSSR count). The lowest BCUT2D eigenvalue weighted by Gasteiger charge is -1.86. The second-order valence-corrected chi connectivity index (χ2v) is 3.56. The summed E-state index contributed by atoms with van der Waals surface area (Å²) in [6.07, 6.45) is 1.80. The van der Waals surface area contributed by atoms with Crippen LogP contribution in [0.25, 0.3) is 6.08 Å². The van der Waals surface area contributed by atoms with Crippen molar-refractivity contribution in [3.05, 3.63) is 41.7 Å². The Morgan fingerprint density at radius 1 is 1.38 bits per heavy atom. The summed E-state index contributed by atoms with van der Waals surface area (Å²) in [6.45, 7) is 2.30. The van der Waals surface area contributed by atoms with E-state index in [1.54, 1.807) is 11.9 Å². The highest BCUT2D eigenvalue weighted by Gasteiger charge is 2.08. The molecule has 68 valence electrons. The smallest absolute Gasteiger partial charge is 0.143 e. The first-order valence-corrected chi connectivity index (χ1v) is 5.40. The molecule has 0 saturated carbocycles. The third-order valence-corrected chi connectivity index (χ3v) is 2.35. The number of benzene rings is 1. The second-order valence-electron chi connectivity index (χ2n) is 2.43. The van der Waals surface area contributed by atoms with Gasteiger partial charge in [-0.15, -0.1) is 4.52 Å². The Bertz CT molecular complexity index is 293. The maximum Gasteiger partial charge on any atom is 0.540 e. The van der Waals surface area contributed by atoms with Gasteiger partial charge < -0.3 is 0 Å². The predicted octanol–water partition coefficient (Wildman–Crippen LogP) is 3.44. The first-order chi connectivity index (χ1) is 6.33. The van der Waals surface area contributed by atoms with Crippen molar-refractivity contribution in [2.24, 2.45) is 0 Å². The summed E-state index contributed by atoms with van der Waals surface area (Å²) >= 11 is 0. The normalized spacial score (nSPS) is 11.9. The molecule has 3 heteroatoms. The van der Waals surface area contributed by atoms with Gasteiger partial charge in [0.05, 0.1) is 0 Å². The van der Waals surface area contributed by atoms with E-state index in [0.717, 1.165) is 5.56 Å². The summed E-state index contributed by atoms with van der Waals surface area (Å²) in [5, 5.41) is 0. The van der Waals surface area contributed by atoms with E-state index in [0.29, 0.717) is 6.61 Å². The summed E-state index contributed by atoms with van der Waals surface area (Å²) in [4.78, 5) is 0. The fourth-order valence-corrected chi connectivity index (χ4v) is 1.52. The monoisotopic (exact) mass is 195 g/mol. The van der Waals surface area contributed by atoms with Crippen LogP contribution in [0.4, 0.5) is 0 Å². The van der Waals surface area contributed by atoms with Crippen molar-refractivity contribution in [3.8, 4) is 0 Å². The molecule has 0 aliphatic rings. The maximum atomic E-state index is 11.1. The van der Waals surface area contributed by atoms with Crippen LogP contribution < -0.4 is 0 Å². The van der Waals surface area contributed by atoms with Crippen molar-refractivity contribution < 1.29 is 9.09 Å². The van der Waals surface area contributed by atoms with E-state index in [1.165, 1.54) is 0 Å². The van der Waals surface area contributed by atoms with Gasteiger partial charge in [0.2, 0.25) is 0 Å². The molecule has 0 N–H and O–H groups in total. The van der Waals surface area contributed by atoms with Crippen molar-refractivity contribution in [2.45, 2.75) is 6.92 Å². The number of hydrogen-bond donors (Lipinski definition) is 0. The molecule has 0 aliphatic heterocycles. The lowest BCUT2D eigenvalue weighted by molar-refractivity contribution is 0.356. The van der Waals surface area contributed by atoms with Crippen LogP contribution in [0.5, 0.6) is 0 Å². The number of hydrogen-bond acceptors (Lipinski definition) is 2. The predicted molar refractivity (Wildman–Crippen MR) is 54.7 cm³/mol. The maximum absolute atomic E-state index is 11.1. The molecule has 0 heterocycles. The Kier molecular flexibility index (Phi) is 4.37. The second kappa shape index (κ2) is 5.63. The molecule has 1 aromatic carbocycles. The SMILES string of the molecule is CCO[P+](=O)C=Cc1ccccc1. The third kappa shape index (κ3) is 3.97. The minimum Gasteiger partial charge on any atom is -0.143 e. The molecule has 0 aromatic heterocycles. The zero-order chi connectivity index (χ0) is 9.52. The highest BCUT2D eigenvalue weighted by molar-refractivity contribution is 7.43. The molecule has 2 nitrogen and oxygen atoms in total. The van der Waals surface area contributed by atoms with Crippen LogP contribution in [-0.4, -0.2) is 6.61 Å². The van der Waals surface area contributed by atoms with Crippen LogP contribution in [-0.2, 0) is 9.09 Å². The third-order valence-electron chi connectivity index (χ3n) is 1.44. The Hall–Kier alpha value is -0.980. The molecule has 1 atom stereocenters. The Balaban J connectivity index is 2.54. The van der Waals surface area contributed by atoms with E-state index in [-0.39, 0.29) is 0 Å². The van der Waals surface area contributed by atoms with E-state index in [4.69, 9.17) is 4.52 Å². The average Bonchev–Trinajstić information content (AvgIpc) is 2.17. The van der Waals surface area contributed by atoms with Gasteiger partial charge in [-0.2, -0.15) is 0 Å². The lowest BCUT2D eigenvalue weighted by atomic mass is 10.2. The zero-order valence-electron chi connectivity index (χ0n) is 7.51. The summed E-state index contributed by atoms with van der Waals surface area (Å²) < 4.78 is 15.9. The van der Waals surface area contributed by atoms with Crippen molar-refractivity contribution >= 4 is 14.1 Å². The van der Waals surface area contributed by atoms with Crippen LogP contribution in [0.1, 0.15) is 12.5 Å². The molecule has 0 bridgehead atoms. The molecule has 0 spiro atoms.